The fourth-order valence-corrected chi connectivity index (χ4v) is 3.39. The van der Waals surface area contributed by atoms with Gasteiger partial charge in [-0.05, 0) is 61.4 Å². The normalized spacial score (nSPS) is 11.3. The first-order valence-corrected chi connectivity index (χ1v) is 10.8. The second-order valence-corrected chi connectivity index (χ2v) is 8.15. The zero-order valence-electron chi connectivity index (χ0n) is 16.9. The number of amides is 1. The van der Waals surface area contributed by atoms with Crippen LogP contribution in [0.4, 0.5) is 5.69 Å². The predicted molar refractivity (Wildman–Crippen MR) is 113 cm³/mol. The predicted octanol–water partition coefficient (Wildman–Crippen LogP) is 2.32. The summed E-state index contributed by atoms with van der Waals surface area (Å²) in [6, 6.07) is 12.3. The lowest BCUT2D eigenvalue weighted by molar-refractivity contribution is -0.119. The number of carbonyl (C=O) groups excluding carboxylic acids is 1. The number of nitrogens with zero attached hydrogens (tertiary/aromatic N) is 2. The van der Waals surface area contributed by atoms with Crippen molar-refractivity contribution in [1.29, 1.82) is 0 Å². The van der Waals surface area contributed by atoms with Gasteiger partial charge in [0.2, 0.25) is 10.0 Å². The van der Waals surface area contributed by atoms with E-state index in [1.807, 2.05) is 13.8 Å². The summed E-state index contributed by atoms with van der Waals surface area (Å²) in [5.41, 5.74) is 4.23. The molecule has 0 radical (unpaired) electrons. The number of hydrogen-bond donors (Lipinski definition) is 1. The van der Waals surface area contributed by atoms with Gasteiger partial charge in [-0.1, -0.05) is 6.07 Å². The van der Waals surface area contributed by atoms with Crippen molar-refractivity contribution in [2.45, 2.75) is 13.8 Å². The Kier molecular flexibility index (Phi) is 7.60. The summed E-state index contributed by atoms with van der Waals surface area (Å²) in [6.07, 6.45) is 2.50. The number of sulfonamides is 1. The first-order chi connectivity index (χ1) is 13.7. The third kappa shape index (κ3) is 6.49. The molecule has 9 heteroatoms. The average molecular weight is 420 g/mol. The number of carbonyl (C=O) groups is 1. The summed E-state index contributed by atoms with van der Waals surface area (Å²) < 4.78 is 36.1. The maximum Gasteiger partial charge on any atom is 0.260 e. The highest BCUT2D eigenvalue weighted by molar-refractivity contribution is 7.92. The van der Waals surface area contributed by atoms with Crippen molar-refractivity contribution in [3.63, 3.8) is 0 Å². The first kappa shape index (κ1) is 22.2. The first-order valence-electron chi connectivity index (χ1n) is 8.91. The number of ether oxygens (including phenoxy) is 2. The Morgan fingerprint density at radius 1 is 1.21 bits per heavy atom. The minimum atomic E-state index is -3.72. The number of benzene rings is 2. The van der Waals surface area contributed by atoms with Gasteiger partial charge in [-0.15, -0.1) is 0 Å². The molecule has 0 saturated heterocycles. The number of nitrogens with one attached hydrogen (secondary N) is 1. The third-order valence-corrected chi connectivity index (χ3v) is 5.01. The molecule has 0 spiro atoms. The van der Waals surface area contributed by atoms with Gasteiger partial charge in [0.25, 0.3) is 5.91 Å². The Bertz CT molecular complexity index is 972. The van der Waals surface area contributed by atoms with Crippen molar-refractivity contribution < 1.29 is 22.7 Å². The van der Waals surface area contributed by atoms with Crippen LogP contribution in [0.3, 0.4) is 0 Å². The number of methoxy groups -OCH3 is 1. The van der Waals surface area contributed by atoms with E-state index in [2.05, 4.69) is 10.5 Å². The van der Waals surface area contributed by atoms with Crippen LogP contribution in [0.1, 0.15) is 18.1 Å². The van der Waals surface area contributed by atoms with Crippen LogP contribution >= 0.6 is 0 Å². The lowest BCUT2D eigenvalue weighted by atomic mass is 10.2. The summed E-state index contributed by atoms with van der Waals surface area (Å²) in [5, 5.41) is 3.89. The van der Waals surface area contributed by atoms with Gasteiger partial charge in [0, 0.05) is 0 Å². The van der Waals surface area contributed by atoms with Crippen molar-refractivity contribution in [2.24, 2.45) is 5.10 Å². The van der Waals surface area contributed by atoms with E-state index in [-0.39, 0.29) is 0 Å². The number of hydrogen-bond acceptors (Lipinski definition) is 6. The molecule has 156 valence electrons. The van der Waals surface area contributed by atoms with Crippen molar-refractivity contribution in [1.82, 2.24) is 5.43 Å². The molecule has 0 atom stereocenters. The Morgan fingerprint density at radius 2 is 1.90 bits per heavy atom. The summed E-state index contributed by atoms with van der Waals surface area (Å²) >= 11 is 0. The fourth-order valence-electron chi connectivity index (χ4n) is 2.54. The van der Waals surface area contributed by atoms with Crippen LogP contribution in [0.25, 0.3) is 0 Å². The van der Waals surface area contributed by atoms with E-state index in [1.165, 1.54) is 13.3 Å². The molecule has 0 aliphatic carbocycles. The molecule has 2 rings (SSSR count). The highest BCUT2D eigenvalue weighted by atomic mass is 32.2. The number of aryl methyl sites for hydroxylation is 1. The molecule has 1 amide bonds. The molecular formula is C20H25N3O5S. The van der Waals surface area contributed by atoms with Crippen molar-refractivity contribution in [3.8, 4) is 11.5 Å². The van der Waals surface area contributed by atoms with E-state index in [0.717, 1.165) is 27.4 Å². The van der Waals surface area contributed by atoms with Gasteiger partial charge < -0.3 is 9.47 Å². The lowest BCUT2D eigenvalue weighted by Crippen LogP contribution is -2.39. The van der Waals surface area contributed by atoms with Gasteiger partial charge in [-0.3, -0.25) is 9.10 Å². The SMILES string of the molecule is CCOc1ccc(/C=N\NC(=O)CN(c2cc(C)ccc2OC)S(C)(=O)=O)cc1. The van der Waals surface area contributed by atoms with Crippen molar-refractivity contribution >= 4 is 27.8 Å². The van der Waals surface area contributed by atoms with Gasteiger partial charge in [0.1, 0.15) is 18.0 Å². The van der Waals surface area contributed by atoms with Crippen LogP contribution < -0.4 is 19.2 Å². The lowest BCUT2D eigenvalue weighted by Gasteiger charge is -2.23. The molecule has 1 N–H and O–H groups in total. The van der Waals surface area contributed by atoms with Gasteiger partial charge in [0.05, 0.1) is 31.9 Å². The van der Waals surface area contributed by atoms with E-state index in [4.69, 9.17) is 9.47 Å². The zero-order chi connectivity index (χ0) is 21.4. The Hall–Kier alpha value is -3.07. The van der Waals surface area contributed by atoms with Gasteiger partial charge in [0.15, 0.2) is 0 Å². The van der Waals surface area contributed by atoms with Crippen LogP contribution in [-0.4, -0.2) is 47.1 Å². The van der Waals surface area contributed by atoms with Crippen LogP contribution in [0.2, 0.25) is 0 Å². The molecule has 29 heavy (non-hydrogen) atoms. The zero-order valence-corrected chi connectivity index (χ0v) is 17.7. The minimum Gasteiger partial charge on any atom is -0.495 e. The number of rotatable bonds is 9. The maximum absolute atomic E-state index is 12.3. The van der Waals surface area contributed by atoms with E-state index >= 15 is 0 Å². The number of anilines is 1. The van der Waals surface area contributed by atoms with Gasteiger partial charge in [-0.2, -0.15) is 5.10 Å². The largest absolute Gasteiger partial charge is 0.495 e. The van der Waals surface area contributed by atoms with Crippen LogP contribution in [-0.2, 0) is 14.8 Å². The summed E-state index contributed by atoms with van der Waals surface area (Å²) in [6.45, 7) is 3.87. The van der Waals surface area contributed by atoms with Crippen LogP contribution in [0.5, 0.6) is 11.5 Å². The molecule has 0 aliphatic rings. The van der Waals surface area contributed by atoms with E-state index in [9.17, 15) is 13.2 Å². The van der Waals surface area contributed by atoms with Crippen LogP contribution in [0, 0.1) is 6.92 Å². The highest BCUT2D eigenvalue weighted by Gasteiger charge is 2.24. The topological polar surface area (TPSA) is 97.3 Å². The number of hydrazone groups is 1. The molecule has 8 nitrogen and oxygen atoms in total. The molecule has 0 saturated carbocycles. The smallest absolute Gasteiger partial charge is 0.260 e. The summed E-state index contributed by atoms with van der Waals surface area (Å²) in [7, 11) is -2.28. The summed E-state index contributed by atoms with van der Waals surface area (Å²) in [4.78, 5) is 12.3. The Morgan fingerprint density at radius 3 is 2.48 bits per heavy atom. The molecule has 0 bridgehead atoms. The highest BCUT2D eigenvalue weighted by Crippen LogP contribution is 2.30. The second kappa shape index (κ2) is 9.92. The minimum absolute atomic E-state index is 0.292. The van der Waals surface area contributed by atoms with E-state index < -0.39 is 22.5 Å². The Balaban J connectivity index is 2.10. The molecule has 0 heterocycles. The van der Waals surface area contributed by atoms with Gasteiger partial charge >= 0.3 is 0 Å². The van der Waals surface area contributed by atoms with Crippen molar-refractivity contribution in [3.05, 3.63) is 53.6 Å². The molecule has 2 aromatic carbocycles. The standard InChI is InChI=1S/C20H25N3O5S/c1-5-28-17-9-7-16(8-10-17)13-21-22-20(24)14-23(29(4,25)26)18-12-15(2)6-11-19(18)27-3/h6-13H,5,14H2,1-4H3,(H,22,24)/b21-13-. The molecule has 2 aromatic rings. The Labute approximate surface area is 171 Å². The average Bonchev–Trinajstić information content (AvgIpc) is 2.67. The summed E-state index contributed by atoms with van der Waals surface area (Å²) in [5.74, 6) is 0.512. The maximum atomic E-state index is 12.3. The van der Waals surface area contributed by atoms with E-state index in [0.29, 0.717) is 18.0 Å². The fraction of sp³-hybridized carbons (Fsp3) is 0.300. The van der Waals surface area contributed by atoms with Crippen LogP contribution in [0.15, 0.2) is 47.6 Å². The molecule has 0 aliphatic heterocycles. The quantitative estimate of drug-likeness (QED) is 0.497. The van der Waals surface area contributed by atoms with Gasteiger partial charge in [-0.25, -0.2) is 13.8 Å². The molecular weight excluding hydrogens is 394 g/mol. The third-order valence-electron chi connectivity index (χ3n) is 3.88. The monoisotopic (exact) mass is 419 g/mol. The molecule has 0 aromatic heterocycles. The van der Waals surface area contributed by atoms with E-state index in [1.54, 1.807) is 42.5 Å². The molecule has 0 unspecified atom stereocenters. The van der Waals surface area contributed by atoms with Crippen molar-refractivity contribution in [2.75, 3.05) is 30.8 Å². The second-order valence-electron chi connectivity index (χ2n) is 6.24. The molecule has 0 fully saturated rings.